The van der Waals surface area contributed by atoms with E-state index in [1.807, 2.05) is 0 Å². The number of hydrogen-bond donors (Lipinski definition) is 1. The lowest BCUT2D eigenvalue weighted by Crippen LogP contribution is -2.00. The van der Waals surface area contributed by atoms with Crippen LogP contribution in [-0.4, -0.2) is 24.8 Å². The van der Waals surface area contributed by atoms with Gasteiger partial charge in [-0.1, -0.05) is 24.3 Å². The van der Waals surface area contributed by atoms with Crippen molar-refractivity contribution in [3.8, 4) is 22.8 Å². The molecule has 6 nitrogen and oxygen atoms in total. The van der Waals surface area contributed by atoms with Crippen LogP contribution in [0, 0.1) is 6.92 Å². The van der Waals surface area contributed by atoms with E-state index in [2.05, 4.69) is 4.98 Å². The van der Waals surface area contributed by atoms with Crippen molar-refractivity contribution in [2.75, 3.05) is 6.26 Å². The minimum Gasteiger partial charge on any atom is -0.504 e. The third-order valence-electron chi connectivity index (χ3n) is 3.65. The molecule has 0 aliphatic carbocycles. The highest BCUT2D eigenvalue weighted by Crippen LogP contribution is 2.27. The fourth-order valence-corrected chi connectivity index (χ4v) is 3.38. The van der Waals surface area contributed by atoms with E-state index in [4.69, 9.17) is 9.15 Å². The zero-order valence-electron chi connectivity index (χ0n) is 13.8. The first-order valence-corrected chi connectivity index (χ1v) is 9.40. The first-order chi connectivity index (χ1) is 11.8. The number of sulfone groups is 1. The van der Waals surface area contributed by atoms with E-state index in [1.54, 1.807) is 43.3 Å². The fourth-order valence-electron chi connectivity index (χ4n) is 2.39. The van der Waals surface area contributed by atoms with Crippen LogP contribution in [-0.2, 0) is 16.4 Å². The van der Waals surface area contributed by atoms with Gasteiger partial charge in [0.25, 0.3) is 0 Å². The molecule has 1 heterocycles. The lowest BCUT2D eigenvalue weighted by atomic mass is 10.1. The molecule has 25 heavy (non-hydrogen) atoms. The van der Waals surface area contributed by atoms with Gasteiger partial charge in [-0.15, -0.1) is 0 Å². The maximum Gasteiger partial charge on any atom is 0.232 e. The third-order valence-corrected chi connectivity index (χ3v) is 4.89. The van der Waals surface area contributed by atoms with Crippen LogP contribution in [0.4, 0.5) is 0 Å². The first kappa shape index (κ1) is 17.0. The Morgan fingerprint density at radius 1 is 1.20 bits per heavy atom. The molecule has 0 saturated carbocycles. The molecule has 2 aromatic carbocycles. The Balaban J connectivity index is 1.81. The molecule has 3 rings (SSSR count). The summed E-state index contributed by atoms with van der Waals surface area (Å²) in [4.78, 5) is 4.57. The summed E-state index contributed by atoms with van der Waals surface area (Å²) in [5, 5.41) is 9.67. The largest absolute Gasteiger partial charge is 0.504 e. The number of oxazole rings is 1. The molecule has 0 unspecified atom stereocenters. The lowest BCUT2D eigenvalue weighted by molar-refractivity contribution is 0.252. The Hall–Kier alpha value is -2.80. The predicted molar refractivity (Wildman–Crippen MR) is 92.2 cm³/mol. The molecule has 0 fully saturated rings. The van der Waals surface area contributed by atoms with Gasteiger partial charge in [0.2, 0.25) is 5.89 Å². The Labute approximate surface area is 145 Å². The highest BCUT2D eigenvalue weighted by Gasteiger charge is 2.14. The van der Waals surface area contributed by atoms with Crippen molar-refractivity contribution in [2.45, 2.75) is 18.4 Å². The summed E-state index contributed by atoms with van der Waals surface area (Å²) in [5.74, 6) is 0.683. The van der Waals surface area contributed by atoms with Crippen molar-refractivity contribution in [2.24, 2.45) is 0 Å². The Morgan fingerprint density at radius 3 is 2.68 bits per heavy atom. The van der Waals surface area contributed by atoms with Crippen LogP contribution in [0.15, 0.2) is 58.0 Å². The van der Waals surface area contributed by atoms with Gasteiger partial charge in [0.1, 0.15) is 12.0 Å². The summed E-state index contributed by atoms with van der Waals surface area (Å²) in [5.41, 5.74) is 1.84. The van der Waals surface area contributed by atoms with Crippen molar-refractivity contribution in [3.05, 3.63) is 60.2 Å². The number of ether oxygens (including phenoxy) is 1. The fraction of sp³-hybridized carbons (Fsp3) is 0.167. The third kappa shape index (κ3) is 3.83. The van der Waals surface area contributed by atoms with Gasteiger partial charge in [-0.2, -0.15) is 0 Å². The molecule has 0 aliphatic heterocycles. The van der Waals surface area contributed by atoms with E-state index in [9.17, 15) is 13.5 Å². The quantitative estimate of drug-likeness (QED) is 0.751. The van der Waals surface area contributed by atoms with E-state index < -0.39 is 9.84 Å². The maximum absolute atomic E-state index is 11.8. The Bertz CT molecular complexity index is 1010. The van der Waals surface area contributed by atoms with Crippen molar-refractivity contribution in [3.63, 3.8) is 0 Å². The molecular formula is C18H17NO5S. The molecule has 0 amide bonds. The van der Waals surface area contributed by atoms with Crippen LogP contribution < -0.4 is 4.74 Å². The van der Waals surface area contributed by atoms with Gasteiger partial charge in [0.15, 0.2) is 27.9 Å². The number of aromatic nitrogens is 1. The minimum atomic E-state index is -3.32. The van der Waals surface area contributed by atoms with Gasteiger partial charge in [0, 0.05) is 11.8 Å². The smallest absolute Gasteiger partial charge is 0.232 e. The summed E-state index contributed by atoms with van der Waals surface area (Å²) >= 11 is 0. The van der Waals surface area contributed by atoms with Gasteiger partial charge < -0.3 is 14.3 Å². The molecule has 7 heteroatoms. The van der Waals surface area contributed by atoms with Crippen LogP contribution in [0.5, 0.6) is 11.5 Å². The average Bonchev–Trinajstić information content (AvgIpc) is 3.02. The second-order valence-corrected chi connectivity index (χ2v) is 7.62. The number of hydrogen-bond acceptors (Lipinski definition) is 6. The molecule has 0 bridgehead atoms. The van der Waals surface area contributed by atoms with Crippen LogP contribution in [0.2, 0.25) is 0 Å². The zero-order chi connectivity index (χ0) is 18.0. The van der Waals surface area contributed by atoms with Crippen LogP contribution in [0.1, 0.15) is 11.5 Å². The number of benzene rings is 2. The molecule has 1 N–H and O–H groups in total. The van der Waals surface area contributed by atoms with E-state index >= 15 is 0 Å². The van der Waals surface area contributed by atoms with E-state index in [0.29, 0.717) is 28.5 Å². The highest BCUT2D eigenvalue weighted by molar-refractivity contribution is 7.90. The summed E-state index contributed by atoms with van der Waals surface area (Å²) in [6.45, 7) is 1.79. The SMILES string of the molecule is Cc1ccc(-c2coc(COc3ccccc3O)n2)cc1S(C)(=O)=O. The molecule has 3 aromatic rings. The van der Waals surface area contributed by atoms with Gasteiger partial charge >= 0.3 is 0 Å². The number of phenolic OH excluding ortho intramolecular Hbond substituents is 1. The summed E-state index contributed by atoms with van der Waals surface area (Å²) in [6.07, 6.45) is 2.62. The predicted octanol–water partition coefficient (Wildman–Crippen LogP) is 3.34. The normalized spacial score (nSPS) is 11.4. The van der Waals surface area contributed by atoms with Crippen LogP contribution in [0.25, 0.3) is 11.3 Å². The van der Waals surface area contributed by atoms with Gasteiger partial charge in [-0.3, -0.25) is 0 Å². The molecular weight excluding hydrogens is 342 g/mol. The van der Waals surface area contributed by atoms with Crippen molar-refractivity contribution in [1.82, 2.24) is 4.98 Å². The maximum atomic E-state index is 11.8. The molecule has 0 radical (unpaired) electrons. The molecule has 130 valence electrons. The van der Waals surface area contributed by atoms with Gasteiger partial charge in [0.05, 0.1) is 4.90 Å². The van der Waals surface area contributed by atoms with E-state index in [0.717, 1.165) is 0 Å². The van der Waals surface area contributed by atoms with Crippen LogP contribution >= 0.6 is 0 Å². The summed E-state index contributed by atoms with van der Waals surface area (Å²) < 4.78 is 34.5. The minimum absolute atomic E-state index is 0.0330. The van der Waals surface area contributed by atoms with E-state index in [1.165, 1.54) is 18.6 Å². The Kier molecular flexibility index (Phi) is 4.50. The number of aromatic hydroxyl groups is 1. The molecule has 1 aromatic heterocycles. The first-order valence-electron chi connectivity index (χ1n) is 7.51. The number of aryl methyl sites for hydroxylation is 1. The van der Waals surface area contributed by atoms with Crippen molar-refractivity contribution in [1.29, 1.82) is 0 Å². The average molecular weight is 359 g/mol. The zero-order valence-corrected chi connectivity index (χ0v) is 14.6. The number of rotatable bonds is 5. The van der Waals surface area contributed by atoms with Gasteiger partial charge in [-0.05, 0) is 30.7 Å². The second-order valence-electron chi connectivity index (χ2n) is 5.64. The number of para-hydroxylation sites is 2. The monoisotopic (exact) mass is 359 g/mol. The van der Waals surface area contributed by atoms with Gasteiger partial charge in [-0.25, -0.2) is 13.4 Å². The molecule has 0 aliphatic rings. The molecule has 0 atom stereocenters. The Morgan fingerprint density at radius 2 is 1.96 bits per heavy atom. The standard InChI is InChI=1S/C18H17NO5S/c1-12-7-8-13(9-17(12)25(2,21)22)14-10-24-18(19-14)11-23-16-6-4-3-5-15(16)20/h3-10,20H,11H2,1-2H3. The second kappa shape index (κ2) is 6.60. The molecule has 0 spiro atoms. The highest BCUT2D eigenvalue weighted by atomic mass is 32.2. The topological polar surface area (TPSA) is 89.6 Å². The molecule has 0 saturated heterocycles. The van der Waals surface area contributed by atoms with Crippen molar-refractivity contribution >= 4 is 9.84 Å². The van der Waals surface area contributed by atoms with Crippen LogP contribution in [0.3, 0.4) is 0 Å². The van der Waals surface area contributed by atoms with Crippen molar-refractivity contribution < 1.29 is 22.7 Å². The number of phenols is 1. The lowest BCUT2D eigenvalue weighted by Gasteiger charge is -2.05. The summed E-state index contributed by atoms with van der Waals surface area (Å²) in [6, 6.07) is 11.7. The van der Waals surface area contributed by atoms with E-state index in [-0.39, 0.29) is 17.3 Å². The summed E-state index contributed by atoms with van der Waals surface area (Å²) in [7, 11) is -3.32. The number of nitrogens with zero attached hydrogens (tertiary/aromatic N) is 1.